The molecule has 7 aromatic carbocycles. The Morgan fingerprint density at radius 3 is 0.860 bits per heavy atom. The van der Waals surface area contributed by atoms with Crippen molar-refractivity contribution in [2.24, 2.45) is 0 Å². The first-order valence-corrected chi connectivity index (χ1v) is 16.6. The molecule has 238 valence electrons. The van der Waals surface area contributed by atoms with Crippen LogP contribution in [0.15, 0.2) is 194 Å². The summed E-state index contributed by atoms with van der Waals surface area (Å²) in [6.45, 7) is 0. The molecular weight excluding hydrogens is 609 g/mol. The molecule has 0 amide bonds. The van der Waals surface area contributed by atoms with Gasteiger partial charge in [0.05, 0.1) is 0 Å². The minimum atomic E-state index is -0.827. The van der Waals surface area contributed by atoms with E-state index in [-0.39, 0.29) is 11.5 Å². The maximum atomic E-state index is 10.6. The van der Waals surface area contributed by atoms with Gasteiger partial charge in [0.25, 0.3) is 0 Å². The molecule has 2 nitrogen and oxygen atoms in total. The van der Waals surface area contributed by atoms with Crippen LogP contribution in [-0.4, -0.2) is 10.2 Å². The molecule has 7 aromatic rings. The molecule has 0 atom stereocenters. The second kappa shape index (κ2) is 14.2. The predicted octanol–water partition coefficient (Wildman–Crippen LogP) is 9.87. The number of phenols is 2. The Morgan fingerprint density at radius 2 is 0.580 bits per heavy atom. The van der Waals surface area contributed by atoms with E-state index in [1.54, 1.807) is 24.3 Å². The van der Waals surface area contributed by atoms with E-state index < -0.39 is 10.8 Å². The lowest BCUT2D eigenvalue weighted by Gasteiger charge is -2.31. The Morgan fingerprint density at radius 1 is 0.300 bits per heavy atom. The molecule has 0 aliphatic rings. The normalized spacial score (nSPS) is 11.0. The van der Waals surface area contributed by atoms with E-state index in [1.165, 1.54) is 0 Å². The van der Waals surface area contributed by atoms with Gasteiger partial charge in [-0.3, -0.25) is 0 Å². The van der Waals surface area contributed by atoms with Gasteiger partial charge in [-0.1, -0.05) is 169 Å². The van der Waals surface area contributed by atoms with E-state index in [9.17, 15) is 10.2 Å². The van der Waals surface area contributed by atoms with Crippen LogP contribution in [0.25, 0.3) is 0 Å². The summed E-state index contributed by atoms with van der Waals surface area (Å²) in [6.07, 6.45) is 0. The van der Waals surface area contributed by atoms with Gasteiger partial charge in [0.15, 0.2) is 0 Å². The molecule has 0 fully saturated rings. The highest BCUT2D eigenvalue weighted by Gasteiger charge is 2.36. The van der Waals surface area contributed by atoms with Gasteiger partial charge in [-0.15, -0.1) is 0 Å². The minimum Gasteiger partial charge on any atom is -0.508 e. The molecule has 2 heteroatoms. The molecule has 0 saturated heterocycles. The van der Waals surface area contributed by atoms with Crippen LogP contribution >= 0.6 is 0 Å². The van der Waals surface area contributed by atoms with Crippen LogP contribution < -0.4 is 0 Å². The maximum Gasteiger partial charge on any atom is 0.115 e. The van der Waals surface area contributed by atoms with Crippen LogP contribution in [0.1, 0.15) is 44.5 Å². The number of rotatable bonds is 6. The van der Waals surface area contributed by atoms with Crippen molar-refractivity contribution in [2.75, 3.05) is 0 Å². The SMILES string of the molecule is Oc1cccc(C(C#Cc2ccc(C#CC(c3ccccc3)(c3ccccc3)c3cccc(O)c3)cc2)(c2ccccc2)c2ccccc2)c1. The molecule has 0 aromatic heterocycles. The molecule has 0 aliphatic carbocycles. The molecule has 0 unspecified atom stereocenters. The zero-order valence-electron chi connectivity index (χ0n) is 27.4. The lowest BCUT2D eigenvalue weighted by atomic mass is 9.69. The molecule has 0 bridgehead atoms. The Balaban J connectivity index is 1.34. The summed E-state index contributed by atoms with van der Waals surface area (Å²) in [7, 11) is 0. The Hall–Kier alpha value is -6.74. The topological polar surface area (TPSA) is 40.5 Å². The van der Waals surface area contributed by atoms with Crippen LogP contribution in [0.2, 0.25) is 0 Å². The molecule has 2 N–H and O–H groups in total. The van der Waals surface area contributed by atoms with Gasteiger partial charge >= 0.3 is 0 Å². The van der Waals surface area contributed by atoms with E-state index in [0.717, 1.165) is 44.5 Å². The van der Waals surface area contributed by atoms with Crippen LogP contribution in [-0.2, 0) is 10.8 Å². The van der Waals surface area contributed by atoms with E-state index >= 15 is 0 Å². The van der Waals surface area contributed by atoms with E-state index in [2.05, 4.69) is 72.2 Å². The third kappa shape index (κ3) is 6.27. The summed E-state index contributed by atoms with van der Waals surface area (Å²) in [5.41, 5.74) is 5.85. The Bertz CT molecular complexity index is 2070. The fraction of sp³-hybridized carbons (Fsp3) is 0.0417. The minimum absolute atomic E-state index is 0.191. The smallest absolute Gasteiger partial charge is 0.115 e. The number of aromatic hydroxyl groups is 2. The highest BCUT2D eigenvalue weighted by Crippen LogP contribution is 2.41. The number of hydrogen-bond donors (Lipinski definition) is 2. The maximum absolute atomic E-state index is 10.6. The lowest BCUT2D eigenvalue weighted by Crippen LogP contribution is -2.27. The van der Waals surface area contributed by atoms with Gasteiger partial charge in [0, 0.05) is 11.1 Å². The second-order valence-electron chi connectivity index (χ2n) is 12.1. The summed E-state index contributed by atoms with van der Waals surface area (Å²) >= 11 is 0. The summed E-state index contributed by atoms with van der Waals surface area (Å²) in [6, 6.07) is 63.6. The summed E-state index contributed by atoms with van der Waals surface area (Å²) < 4.78 is 0. The quantitative estimate of drug-likeness (QED) is 0.140. The van der Waals surface area contributed by atoms with Crippen molar-refractivity contribution >= 4 is 0 Å². The van der Waals surface area contributed by atoms with E-state index in [4.69, 9.17) is 0 Å². The first-order valence-electron chi connectivity index (χ1n) is 16.6. The number of hydrogen-bond acceptors (Lipinski definition) is 2. The van der Waals surface area contributed by atoms with Crippen molar-refractivity contribution in [3.8, 4) is 35.2 Å². The van der Waals surface area contributed by atoms with Crippen molar-refractivity contribution in [3.05, 3.63) is 239 Å². The van der Waals surface area contributed by atoms with Crippen molar-refractivity contribution < 1.29 is 10.2 Å². The molecule has 50 heavy (non-hydrogen) atoms. The largest absolute Gasteiger partial charge is 0.508 e. The van der Waals surface area contributed by atoms with Gasteiger partial charge in [-0.2, -0.15) is 0 Å². The molecule has 0 saturated carbocycles. The van der Waals surface area contributed by atoms with Crippen molar-refractivity contribution in [3.63, 3.8) is 0 Å². The second-order valence-corrected chi connectivity index (χ2v) is 12.1. The first kappa shape index (κ1) is 31.8. The van der Waals surface area contributed by atoms with Gasteiger partial charge < -0.3 is 10.2 Å². The summed E-state index contributed by atoms with van der Waals surface area (Å²) in [5, 5.41) is 21.1. The highest BCUT2D eigenvalue weighted by molar-refractivity contribution is 5.62. The molecule has 0 aliphatic heterocycles. The Kier molecular flexibility index (Phi) is 9.02. The monoisotopic (exact) mass is 642 g/mol. The molecule has 0 radical (unpaired) electrons. The van der Waals surface area contributed by atoms with Crippen molar-refractivity contribution in [2.45, 2.75) is 10.8 Å². The van der Waals surface area contributed by atoms with Crippen LogP contribution in [0.3, 0.4) is 0 Å². The van der Waals surface area contributed by atoms with Crippen molar-refractivity contribution in [1.29, 1.82) is 0 Å². The molecule has 7 rings (SSSR count). The van der Waals surface area contributed by atoms with Crippen molar-refractivity contribution in [1.82, 2.24) is 0 Å². The average molecular weight is 643 g/mol. The summed E-state index contributed by atoms with van der Waals surface area (Å²) in [5.74, 6) is 14.6. The summed E-state index contributed by atoms with van der Waals surface area (Å²) in [4.78, 5) is 0. The Labute approximate surface area is 294 Å². The third-order valence-electron chi connectivity index (χ3n) is 9.06. The molecule has 0 heterocycles. The first-order chi connectivity index (χ1) is 24.6. The van der Waals surface area contributed by atoms with Gasteiger partial charge in [0.2, 0.25) is 0 Å². The van der Waals surface area contributed by atoms with E-state index in [0.29, 0.717) is 0 Å². The van der Waals surface area contributed by atoms with Gasteiger partial charge in [-0.25, -0.2) is 0 Å². The molecular formula is C48H34O2. The highest BCUT2D eigenvalue weighted by atomic mass is 16.3. The third-order valence-corrected chi connectivity index (χ3v) is 9.06. The predicted molar refractivity (Wildman–Crippen MR) is 202 cm³/mol. The zero-order chi connectivity index (χ0) is 34.2. The van der Waals surface area contributed by atoms with Gasteiger partial charge in [0.1, 0.15) is 22.3 Å². The van der Waals surface area contributed by atoms with Crippen LogP contribution in [0.4, 0.5) is 0 Å². The molecule has 0 spiro atoms. The zero-order valence-corrected chi connectivity index (χ0v) is 27.4. The fourth-order valence-corrected chi connectivity index (χ4v) is 6.63. The lowest BCUT2D eigenvalue weighted by molar-refractivity contribution is 0.473. The van der Waals surface area contributed by atoms with Crippen LogP contribution in [0.5, 0.6) is 11.5 Å². The average Bonchev–Trinajstić information content (AvgIpc) is 3.18. The number of phenolic OH excluding ortho intramolecular Hbond substituents is 2. The fourth-order valence-electron chi connectivity index (χ4n) is 6.63. The van der Waals surface area contributed by atoms with E-state index in [1.807, 2.05) is 121 Å². The van der Waals surface area contributed by atoms with Gasteiger partial charge in [-0.05, 0) is 81.9 Å². The number of benzene rings is 7. The van der Waals surface area contributed by atoms with Crippen LogP contribution in [0, 0.1) is 23.7 Å². The standard InChI is InChI=1S/C48H34O2/c49-45-25-13-23-43(35-45)47(39-15-5-1-6-16-39,40-17-7-2-8-18-40)33-31-37-27-29-38(30-28-37)32-34-48(41-19-9-3-10-20-41,42-21-11-4-12-22-42)44-24-14-26-46(50)36-44/h1-30,35-36,49-50H.